The number of hydrogen-bond acceptors (Lipinski definition) is 11. The van der Waals surface area contributed by atoms with Crippen molar-refractivity contribution in [2.75, 3.05) is 56.9 Å². The summed E-state index contributed by atoms with van der Waals surface area (Å²) in [7, 11) is 6.96. The number of nitro groups is 1. The second-order valence-corrected chi connectivity index (χ2v) is 9.72. The van der Waals surface area contributed by atoms with Crippen LogP contribution < -0.4 is 20.3 Å². The number of nitro benzene ring substituents is 1. The van der Waals surface area contributed by atoms with Crippen molar-refractivity contribution in [3.05, 3.63) is 57.9 Å². The maximum atomic E-state index is 13.3. The first-order valence-corrected chi connectivity index (χ1v) is 12.0. The highest BCUT2D eigenvalue weighted by Gasteiger charge is 2.33. The van der Waals surface area contributed by atoms with E-state index in [4.69, 9.17) is 4.74 Å². The Morgan fingerprint density at radius 2 is 1.65 bits per heavy atom. The van der Waals surface area contributed by atoms with E-state index in [9.17, 15) is 28.4 Å². The van der Waals surface area contributed by atoms with Gasteiger partial charge in [-0.3, -0.25) is 10.1 Å². The molecule has 40 heavy (non-hydrogen) atoms. The quantitative estimate of drug-likeness (QED) is 0.224. The predicted molar refractivity (Wildman–Crippen MR) is 145 cm³/mol. The number of ether oxygens (including phenoxy) is 1. The molecule has 0 saturated carbocycles. The Labute approximate surface area is 229 Å². The number of methoxy groups -OCH3 is 1. The van der Waals surface area contributed by atoms with Gasteiger partial charge in [0.25, 0.3) is 5.69 Å². The molecule has 0 fully saturated rings. The van der Waals surface area contributed by atoms with Crippen LogP contribution in [0.1, 0.15) is 25.0 Å². The van der Waals surface area contributed by atoms with Crippen LogP contribution in [-0.2, 0) is 11.8 Å². The third-order valence-electron chi connectivity index (χ3n) is 5.86. The molecule has 2 aromatic carbocycles. The molecule has 0 spiro atoms. The topological polar surface area (TPSA) is 142 Å². The summed E-state index contributed by atoms with van der Waals surface area (Å²) in [5.74, 6) is 0.228. The maximum Gasteiger partial charge on any atom is 0.416 e. The highest BCUT2D eigenvalue weighted by atomic mass is 19.4. The van der Waals surface area contributed by atoms with Crippen molar-refractivity contribution in [3.63, 3.8) is 0 Å². The molecule has 3 N–H and O–H groups in total. The Morgan fingerprint density at radius 1 is 1.02 bits per heavy atom. The summed E-state index contributed by atoms with van der Waals surface area (Å²) in [5.41, 5.74) is -2.02. The van der Waals surface area contributed by atoms with Crippen LogP contribution in [0.5, 0.6) is 5.75 Å². The van der Waals surface area contributed by atoms with Gasteiger partial charge in [-0.15, -0.1) is 0 Å². The van der Waals surface area contributed by atoms with Gasteiger partial charge in [0.15, 0.2) is 0 Å². The smallest absolute Gasteiger partial charge is 0.416 e. The minimum atomic E-state index is -4.60. The number of benzene rings is 2. The fraction of sp³-hybridized carbons (Fsp3) is 0.400. The Balaban J connectivity index is 1.94. The lowest BCUT2D eigenvalue weighted by atomic mass is 9.94. The molecule has 15 heteroatoms. The van der Waals surface area contributed by atoms with Crippen LogP contribution in [0.25, 0.3) is 0 Å². The Morgan fingerprint density at radius 3 is 2.17 bits per heavy atom. The standard InChI is InChI=1S/C25H31F3N8O4/c1-24(2,37)16-11-15(25(26,27)28)7-8-17(16)31-22-29-14-30-23(33-22)32-18-12-20(36(38)39)19(13-21(18)40-6)35(5)10-9-34(3)4/h7-8,11-14,37H,9-10H2,1-6H3,(H2,29,30,31,32,33). The lowest BCUT2D eigenvalue weighted by Crippen LogP contribution is -2.29. The van der Waals surface area contributed by atoms with Gasteiger partial charge in [-0.2, -0.15) is 18.2 Å². The van der Waals surface area contributed by atoms with Gasteiger partial charge in [0.05, 0.1) is 28.9 Å². The summed E-state index contributed by atoms with van der Waals surface area (Å²) in [6.07, 6.45) is -3.45. The van der Waals surface area contributed by atoms with Crippen molar-refractivity contribution in [1.82, 2.24) is 19.9 Å². The Bertz CT molecular complexity index is 1360. The van der Waals surface area contributed by atoms with E-state index in [1.807, 2.05) is 19.0 Å². The number of alkyl halides is 3. The number of aromatic nitrogens is 3. The van der Waals surface area contributed by atoms with E-state index in [0.717, 1.165) is 18.5 Å². The second kappa shape index (κ2) is 11.9. The third-order valence-corrected chi connectivity index (χ3v) is 5.86. The van der Waals surface area contributed by atoms with Crippen LogP contribution >= 0.6 is 0 Å². The third kappa shape index (κ3) is 7.45. The molecule has 3 aromatic rings. The van der Waals surface area contributed by atoms with E-state index < -0.39 is 22.3 Å². The van der Waals surface area contributed by atoms with E-state index in [0.29, 0.717) is 24.5 Å². The van der Waals surface area contributed by atoms with Crippen molar-refractivity contribution in [1.29, 1.82) is 0 Å². The average molecular weight is 565 g/mol. The molecule has 1 aromatic heterocycles. The van der Waals surface area contributed by atoms with Crippen LogP contribution in [0.15, 0.2) is 36.7 Å². The normalized spacial score (nSPS) is 11.9. The molecule has 0 aliphatic rings. The molecule has 0 unspecified atom stereocenters. The van der Waals surface area contributed by atoms with Gasteiger partial charge < -0.3 is 30.3 Å². The molecule has 12 nitrogen and oxygen atoms in total. The van der Waals surface area contributed by atoms with Gasteiger partial charge in [0.1, 0.15) is 17.8 Å². The number of halogens is 3. The second-order valence-electron chi connectivity index (χ2n) is 9.72. The zero-order chi connectivity index (χ0) is 29.8. The first kappa shape index (κ1) is 30.3. The highest BCUT2D eigenvalue weighted by molar-refractivity contribution is 5.76. The van der Waals surface area contributed by atoms with Crippen LogP contribution in [0, 0.1) is 10.1 Å². The SMILES string of the molecule is COc1cc(N(C)CCN(C)C)c([N+](=O)[O-])cc1Nc1ncnc(Nc2ccc(C(F)(F)F)cc2C(C)(C)O)n1. The van der Waals surface area contributed by atoms with Crippen LogP contribution in [0.4, 0.5) is 47.8 Å². The van der Waals surface area contributed by atoms with Crippen molar-refractivity contribution in [2.24, 2.45) is 0 Å². The first-order valence-electron chi connectivity index (χ1n) is 12.0. The summed E-state index contributed by atoms with van der Waals surface area (Å²) in [6, 6.07) is 5.74. The summed E-state index contributed by atoms with van der Waals surface area (Å²) >= 11 is 0. The van der Waals surface area contributed by atoms with Crippen LogP contribution in [-0.4, -0.2) is 71.2 Å². The Hall–Kier alpha value is -4.24. The van der Waals surface area contributed by atoms with Gasteiger partial charge in [-0.25, -0.2) is 9.97 Å². The van der Waals surface area contributed by atoms with Crippen LogP contribution in [0.3, 0.4) is 0 Å². The van der Waals surface area contributed by atoms with Crippen molar-refractivity contribution in [2.45, 2.75) is 25.6 Å². The molecule has 0 atom stereocenters. The average Bonchev–Trinajstić information content (AvgIpc) is 2.86. The van der Waals surface area contributed by atoms with Crippen molar-refractivity contribution >= 4 is 34.6 Å². The van der Waals surface area contributed by atoms with E-state index in [-0.39, 0.29) is 34.5 Å². The number of rotatable bonds is 11. The lowest BCUT2D eigenvalue weighted by molar-refractivity contribution is -0.384. The number of hydrogen-bond donors (Lipinski definition) is 3. The van der Waals surface area contributed by atoms with E-state index in [1.165, 1.54) is 39.2 Å². The molecule has 0 saturated heterocycles. The number of nitrogens with zero attached hydrogens (tertiary/aromatic N) is 6. The van der Waals surface area contributed by atoms with Crippen molar-refractivity contribution in [3.8, 4) is 5.75 Å². The molecular weight excluding hydrogens is 533 g/mol. The number of anilines is 5. The van der Waals surface area contributed by atoms with Gasteiger partial charge in [-0.05, 0) is 46.1 Å². The molecule has 0 aliphatic heterocycles. The van der Waals surface area contributed by atoms with E-state index in [2.05, 4.69) is 25.6 Å². The minimum absolute atomic E-state index is 0.0180. The highest BCUT2D eigenvalue weighted by Crippen LogP contribution is 2.39. The molecule has 0 aliphatic carbocycles. The number of nitrogens with one attached hydrogen (secondary N) is 2. The first-order chi connectivity index (χ1) is 18.6. The summed E-state index contributed by atoms with van der Waals surface area (Å²) in [4.78, 5) is 27.3. The van der Waals surface area contributed by atoms with Crippen LogP contribution in [0.2, 0.25) is 0 Å². The van der Waals surface area contributed by atoms with Gasteiger partial charge in [0.2, 0.25) is 11.9 Å². The molecule has 216 valence electrons. The molecule has 0 radical (unpaired) electrons. The van der Waals surface area contributed by atoms with Gasteiger partial charge >= 0.3 is 6.18 Å². The zero-order valence-corrected chi connectivity index (χ0v) is 22.9. The molecule has 3 rings (SSSR count). The summed E-state index contributed by atoms with van der Waals surface area (Å²) in [6.45, 7) is 3.91. The molecular formula is C25H31F3N8O4. The zero-order valence-electron chi connectivity index (χ0n) is 22.9. The van der Waals surface area contributed by atoms with E-state index in [1.54, 1.807) is 11.9 Å². The maximum absolute atomic E-state index is 13.3. The predicted octanol–water partition coefficient (Wildman–Crippen LogP) is 4.52. The van der Waals surface area contributed by atoms with Gasteiger partial charge in [0, 0.05) is 43.5 Å². The lowest BCUT2D eigenvalue weighted by Gasteiger charge is -2.23. The minimum Gasteiger partial charge on any atom is -0.494 e. The number of aliphatic hydroxyl groups is 1. The fourth-order valence-electron chi connectivity index (χ4n) is 3.74. The van der Waals surface area contributed by atoms with Crippen molar-refractivity contribution < 1.29 is 27.9 Å². The fourth-order valence-corrected chi connectivity index (χ4v) is 3.74. The van der Waals surface area contributed by atoms with E-state index >= 15 is 0 Å². The summed E-state index contributed by atoms with van der Waals surface area (Å²) in [5, 5.41) is 28.1. The molecule has 0 bridgehead atoms. The van der Waals surface area contributed by atoms with Gasteiger partial charge in [-0.1, -0.05) is 0 Å². The molecule has 1 heterocycles. The monoisotopic (exact) mass is 564 g/mol. The molecule has 0 amide bonds. The largest absolute Gasteiger partial charge is 0.494 e. The Kier molecular flexibility index (Phi) is 9.00. The summed E-state index contributed by atoms with van der Waals surface area (Å²) < 4.78 is 45.2. The number of likely N-dealkylation sites (N-methyl/N-ethyl adjacent to an activating group) is 2.